The summed E-state index contributed by atoms with van der Waals surface area (Å²) < 4.78 is 7.24. The third-order valence-electron chi connectivity index (χ3n) is 5.35. The quantitative estimate of drug-likeness (QED) is 0.869. The Morgan fingerprint density at radius 1 is 1.23 bits per heavy atom. The number of morpholine rings is 1. The Bertz CT molecular complexity index is 836. The van der Waals surface area contributed by atoms with E-state index in [-0.39, 0.29) is 11.6 Å². The molecular formula is C19H28N4O2S. The Labute approximate surface area is 158 Å². The fourth-order valence-corrected chi connectivity index (χ4v) is 5.22. The van der Waals surface area contributed by atoms with E-state index in [4.69, 9.17) is 9.72 Å². The highest BCUT2D eigenvalue weighted by Gasteiger charge is 2.23. The van der Waals surface area contributed by atoms with Crippen molar-refractivity contribution >= 4 is 27.5 Å². The number of hydrogen-bond acceptors (Lipinski definition) is 6. The highest BCUT2D eigenvalue weighted by atomic mass is 32.1. The summed E-state index contributed by atoms with van der Waals surface area (Å²) in [4.78, 5) is 22.8. The second-order valence-corrected chi connectivity index (χ2v) is 8.56. The third kappa shape index (κ3) is 3.40. The summed E-state index contributed by atoms with van der Waals surface area (Å²) in [6.07, 6.45) is 4.52. The molecule has 0 atom stereocenters. The molecule has 2 aromatic rings. The molecular weight excluding hydrogens is 348 g/mol. The number of aromatic nitrogens is 2. The highest BCUT2D eigenvalue weighted by Crippen LogP contribution is 2.34. The van der Waals surface area contributed by atoms with Crippen LogP contribution in [0.15, 0.2) is 4.79 Å². The van der Waals surface area contributed by atoms with Crippen molar-refractivity contribution in [3.63, 3.8) is 0 Å². The first kappa shape index (κ1) is 17.9. The van der Waals surface area contributed by atoms with Crippen molar-refractivity contribution < 1.29 is 4.74 Å². The van der Waals surface area contributed by atoms with Gasteiger partial charge in [0.15, 0.2) is 0 Å². The first-order valence-electron chi connectivity index (χ1n) is 9.76. The van der Waals surface area contributed by atoms with Crippen molar-refractivity contribution in [3.05, 3.63) is 20.8 Å². The topological polar surface area (TPSA) is 59.4 Å². The van der Waals surface area contributed by atoms with Crippen molar-refractivity contribution in [3.8, 4) is 0 Å². The third-order valence-corrected chi connectivity index (χ3v) is 6.54. The minimum atomic E-state index is 0.0874. The molecule has 0 unspecified atom stereocenters. The molecule has 0 radical (unpaired) electrons. The normalized spacial score (nSPS) is 18.4. The fraction of sp³-hybridized carbons (Fsp3) is 0.684. The lowest BCUT2D eigenvalue weighted by molar-refractivity contribution is 0.0398. The molecule has 0 spiro atoms. The van der Waals surface area contributed by atoms with Gasteiger partial charge in [-0.15, -0.1) is 11.3 Å². The van der Waals surface area contributed by atoms with Crippen LogP contribution in [0.3, 0.4) is 0 Å². The zero-order chi connectivity index (χ0) is 18.1. The summed E-state index contributed by atoms with van der Waals surface area (Å²) in [6, 6.07) is 0.0874. The molecule has 1 saturated heterocycles. The Morgan fingerprint density at radius 2 is 2.00 bits per heavy atom. The molecule has 2 aliphatic rings. The second-order valence-electron chi connectivity index (χ2n) is 7.48. The van der Waals surface area contributed by atoms with E-state index in [0.29, 0.717) is 5.95 Å². The first-order valence-corrected chi connectivity index (χ1v) is 10.6. The summed E-state index contributed by atoms with van der Waals surface area (Å²) in [7, 11) is 0. The smallest absolute Gasteiger partial charge is 0.264 e. The zero-order valence-electron chi connectivity index (χ0n) is 15.7. The SMILES string of the molecule is CC(C)n1c(NCCN2CCOCC2)nc2sc3c(c2c1=O)CCCC3. The van der Waals surface area contributed by atoms with Crippen LogP contribution < -0.4 is 10.9 Å². The molecule has 1 aliphatic carbocycles. The molecule has 1 aliphatic heterocycles. The van der Waals surface area contributed by atoms with Crippen LogP contribution in [-0.4, -0.2) is 53.8 Å². The van der Waals surface area contributed by atoms with Gasteiger partial charge in [-0.2, -0.15) is 0 Å². The monoisotopic (exact) mass is 376 g/mol. The van der Waals surface area contributed by atoms with E-state index in [0.717, 1.165) is 62.5 Å². The molecule has 142 valence electrons. The summed E-state index contributed by atoms with van der Waals surface area (Å²) in [6.45, 7) is 9.41. The molecule has 6 nitrogen and oxygen atoms in total. The molecule has 1 N–H and O–H groups in total. The van der Waals surface area contributed by atoms with Crippen molar-refractivity contribution in [2.75, 3.05) is 44.7 Å². The molecule has 7 heteroatoms. The first-order chi connectivity index (χ1) is 12.6. The van der Waals surface area contributed by atoms with Crippen LogP contribution in [0.2, 0.25) is 0 Å². The average molecular weight is 377 g/mol. The number of nitrogens with zero attached hydrogens (tertiary/aromatic N) is 3. The maximum atomic E-state index is 13.3. The van der Waals surface area contributed by atoms with Crippen molar-refractivity contribution in [1.29, 1.82) is 0 Å². The van der Waals surface area contributed by atoms with Gasteiger partial charge in [0, 0.05) is 37.1 Å². The van der Waals surface area contributed by atoms with Gasteiger partial charge in [-0.25, -0.2) is 4.98 Å². The van der Waals surface area contributed by atoms with E-state index in [9.17, 15) is 4.79 Å². The number of thiophene rings is 1. The Hall–Kier alpha value is -1.44. The van der Waals surface area contributed by atoms with Gasteiger partial charge in [-0.1, -0.05) is 0 Å². The standard InChI is InChI=1S/C19H28N4O2S/c1-13(2)23-18(24)16-14-5-3-4-6-15(14)26-17(16)21-19(23)20-7-8-22-9-11-25-12-10-22/h13H,3-12H2,1-2H3,(H,20,21). The second kappa shape index (κ2) is 7.66. The van der Waals surface area contributed by atoms with Gasteiger partial charge in [0.1, 0.15) is 4.83 Å². The van der Waals surface area contributed by atoms with Crippen LogP contribution in [0.25, 0.3) is 10.2 Å². The van der Waals surface area contributed by atoms with Crippen LogP contribution in [0.1, 0.15) is 43.2 Å². The summed E-state index contributed by atoms with van der Waals surface area (Å²) in [5.74, 6) is 0.712. The van der Waals surface area contributed by atoms with Crippen LogP contribution in [0.5, 0.6) is 0 Å². The van der Waals surface area contributed by atoms with Gasteiger partial charge < -0.3 is 10.1 Å². The molecule has 0 saturated carbocycles. The van der Waals surface area contributed by atoms with Gasteiger partial charge in [-0.3, -0.25) is 14.3 Å². The summed E-state index contributed by atoms with van der Waals surface area (Å²) >= 11 is 1.72. The maximum absolute atomic E-state index is 13.3. The Kier molecular flexibility index (Phi) is 5.29. The number of nitrogens with one attached hydrogen (secondary N) is 1. The van der Waals surface area contributed by atoms with E-state index in [2.05, 4.69) is 24.1 Å². The molecule has 1 fully saturated rings. The minimum absolute atomic E-state index is 0.0874. The Balaban J connectivity index is 1.62. The van der Waals surface area contributed by atoms with Crippen LogP contribution in [0.4, 0.5) is 5.95 Å². The molecule has 0 aromatic carbocycles. The lowest BCUT2D eigenvalue weighted by Crippen LogP contribution is -2.39. The Morgan fingerprint density at radius 3 is 2.77 bits per heavy atom. The lowest BCUT2D eigenvalue weighted by Gasteiger charge is -2.27. The van der Waals surface area contributed by atoms with Crippen LogP contribution >= 0.6 is 11.3 Å². The average Bonchev–Trinajstić information content (AvgIpc) is 3.01. The van der Waals surface area contributed by atoms with Crippen molar-refractivity contribution in [2.45, 2.75) is 45.6 Å². The fourth-order valence-electron chi connectivity index (χ4n) is 3.97. The van der Waals surface area contributed by atoms with E-state index >= 15 is 0 Å². The number of rotatable bonds is 5. The van der Waals surface area contributed by atoms with Crippen LogP contribution in [0, 0.1) is 0 Å². The van der Waals surface area contributed by atoms with Crippen molar-refractivity contribution in [2.24, 2.45) is 0 Å². The molecule has 0 amide bonds. The van der Waals surface area contributed by atoms with E-state index in [1.54, 1.807) is 11.3 Å². The lowest BCUT2D eigenvalue weighted by atomic mass is 9.97. The number of ether oxygens (including phenoxy) is 1. The van der Waals surface area contributed by atoms with Gasteiger partial charge in [-0.05, 0) is 45.1 Å². The molecule has 0 bridgehead atoms. The highest BCUT2D eigenvalue weighted by molar-refractivity contribution is 7.18. The van der Waals surface area contributed by atoms with Gasteiger partial charge >= 0.3 is 0 Å². The van der Waals surface area contributed by atoms with E-state index < -0.39 is 0 Å². The summed E-state index contributed by atoms with van der Waals surface area (Å²) in [5.41, 5.74) is 1.39. The van der Waals surface area contributed by atoms with E-state index in [1.165, 1.54) is 23.3 Å². The minimum Gasteiger partial charge on any atom is -0.379 e. The van der Waals surface area contributed by atoms with Gasteiger partial charge in [0.05, 0.1) is 18.6 Å². The number of aryl methyl sites for hydroxylation is 2. The number of hydrogen-bond donors (Lipinski definition) is 1. The maximum Gasteiger partial charge on any atom is 0.264 e. The van der Waals surface area contributed by atoms with Gasteiger partial charge in [0.25, 0.3) is 5.56 Å². The predicted molar refractivity (Wildman–Crippen MR) is 107 cm³/mol. The van der Waals surface area contributed by atoms with Gasteiger partial charge in [0.2, 0.25) is 5.95 Å². The molecule has 2 aromatic heterocycles. The molecule has 3 heterocycles. The van der Waals surface area contributed by atoms with E-state index in [1.807, 2.05) is 4.57 Å². The van der Waals surface area contributed by atoms with Crippen LogP contribution in [-0.2, 0) is 17.6 Å². The zero-order valence-corrected chi connectivity index (χ0v) is 16.5. The van der Waals surface area contributed by atoms with Crippen molar-refractivity contribution in [1.82, 2.24) is 14.5 Å². The molecule has 26 heavy (non-hydrogen) atoms. The number of anilines is 1. The summed E-state index contributed by atoms with van der Waals surface area (Å²) in [5, 5.41) is 4.30. The molecule has 4 rings (SSSR count). The largest absolute Gasteiger partial charge is 0.379 e. The predicted octanol–water partition coefficient (Wildman–Crippen LogP) is 2.66. The number of fused-ring (bicyclic) bond motifs is 3.